The van der Waals surface area contributed by atoms with Crippen molar-refractivity contribution in [1.82, 2.24) is 4.90 Å². The minimum absolute atomic E-state index is 0.0518. The van der Waals surface area contributed by atoms with Gasteiger partial charge in [-0.05, 0) is 59.8 Å². The molecule has 5 nitrogen and oxygen atoms in total. The molecule has 0 aromatic heterocycles. The zero-order chi connectivity index (χ0) is 15.5. The largest absolute Gasteiger partial charge is 0.444 e. The molecule has 21 heavy (non-hydrogen) atoms. The van der Waals surface area contributed by atoms with Crippen LogP contribution in [0, 0.1) is 0 Å². The number of hydrogen-bond donors (Lipinski definition) is 0. The molecule has 2 aliphatic rings. The molecule has 0 N–H and O–H groups in total. The lowest BCUT2D eigenvalue weighted by atomic mass is 10.0. The van der Waals surface area contributed by atoms with Crippen molar-refractivity contribution >= 4 is 6.09 Å². The van der Waals surface area contributed by atoms with Crippen LogP contribution in [0.25, 0.3) is 0 Å². The van der Waals surface area contributed by atoms with Gasteiger partial charge in [0.05, 0.1) is 6.10 Å². The van der Waals surface area contributed by atoms with Gasteiger partial charge in [0.1, 0.15) is 5.60 Å². The minimum atomic E-state index is -0.444. The quantitative estimate of drug-likeness (QED) is 0.785. The summed E-state index contributed by atoms with van der Waals surface area (Å²) < 4.78 is 17.1. The number of hydrogen-bond acceptors (Lipinski definition) is 4. The number of amides is 1. The molecule has 3 atom stereocenters. The lowest BCUT2D eigenvalue weighted by Crippen LogP contribution is -2.49. The van der Waals surface area contributed by atoms with E-state index in [1.807, 2.05) is 25.7 Å². The fraction of sp³-hybridized carbons (Fsp3) is 0.938. The second-order valence-electron chi connectivity index (χ2n) is 7.10. The molecule has 0 aliphatic carbocycles. The van der Waals surface area contributed by atoms with Crippen LogP contribution in [0.1, 0.15) is 59.8 Å². The number of carbonyl (C=O) groups is 1. The van der Waals surface area contributed by atoms with Crippen molar-refractivity contribution < 1.29 is 19.0 Å². The van der Waals surface area contributed by atoms with Crippen molar-refractivity contribution in [2.45, 2.75) is 83.8 Å². The molecular formula is C16H29NO4. The fourth-order valence-corrected chi connectivity index (χ4v) is 2.88. The zero-order valence-corrected chi connectivity index (χ0v) is 13.8. The van der Waals surface area contributed by atoms with E-state index in [1.165, 1.54) is 6.42 Å². The molecule has 0 radical (unpaired) electrons. The highest BCUT2D eigenvalue weighted by atomic mass is 16.7. The Morgan fingerprint density at radius 2 is 2.00 bits per heavy atom. The van der Waals surface area contributed by atoms with Gasteiger partial charge >= 0.3 is 6.09 Å². The van der Waals surface area contributed by atoms with Gasteiger partial charge in [-0.25, -0.2) is 4.79 Å². The molecular weight excluding hydrogens is 270 g/mol. The average Bonchev–Trinajstić information content (AvgIpc) is 2.37. The summed E-state index contributed by atoms with van der Waals surface area (Å²) in [5.74, 6) is 0. The van der Waals surface area contributed by atoms with Gasteiger partial charge in [-0.15, -0.1) is 0 Å². The molecule has 2 fully saturated rings. The van der Waals surface area contributed by atoms with Crippen LogP contribution in [-0.2, 0) is 14.2 Å². The van der Waals surface area contributed by atoms with E-state index in [0.717, 1.165) is 32.3 Å². The highest BCUT2D eigenvalue weighted by molar-refractivity contribution is 5.68. The van der Waals surface area contributed by atoms with Gasteiger partial charge in [0, 0.05) is 19.2 Å². The molecule has 0 aromatic rings. The predicted molar refractivity (Wildman–Crippen MR) is 80.1 cm³/mol. The van der Waals surface area contributed by atoms with Crippen LogP contribution in [0.4, 0.5) is 4.79 Å². The van der Waals surface area contributed by atoms with Gasteiger partial charge < -0.3 is 19.1 Å². The van der Waals surface area contributed by atoms with Crippen LogP contribution < -0.4 is 0 Å². The lowest BCUT2D eigenvalue weighted by Gasteiger charge is -2.39. The SMILES string of the molecule is C[C@@H]1C[C@H](OC2CCCCO2)CCN1C(=O)OC(C)(C)C. The molecule has 1 amide bonds. The highest BCUT2D eigenvalue weighted by Gasteiger charge is 2.33. The molecule has 2 aliphatic heterocycles. The fourth-order valence-electron chi connectivity index (χ4n) is 2.88. The Hall–Kier alpha value is -0.810. The Bertz CT molecular complexity index is 347. The van der Waals surface area contributed by atoms with Gasteiger partial charge in [0.25, 0.3) is 0 Å². The molecule has 0 spiro atoms. The Labute approximate surface area is 127 Å². The average molecular weight is 299 g/mol. The summed E-state index contributed by atoms with van der Waals surface area (Å²) in [6.45, 7) is 9.23. The van der Waals surface area contributed by atoms with Crippen LogP contribution in [0.3, 0.4) is 0 Å². The van der Waals surface area contributed by atoms with Crippen molar-refractivity contribution in [3.63, 3.8) is 0 Å². The minimum Gasteiger partial charge on any atom is -0.444 e. The molecule has 0 bridgehead atoms. The van der Waals surface area contributed by atoms with Crippen LogP contribution in [0.5, 0.6) is 0 Å². The van der Waals surface area contributed by atoms with Crippen molar-refractivity contribution in [3.8, 4) is 0 Å². The number of likely N-dealkylation sites (tertiary alicyclic amines) is 1. The van der Waals surface area contributed by atoms with E-state index in [1.54, 1.807) is 0 Å². The first-order valence-electron chi connectivity index (χ1n) is 8.12. The van der Waals surface area contributed by atoms with Crippen LogP contribution in [-0.4, -0.2) is 48.2 Å². The predicted octanol–water partition coefficient (Wildman–Crippen LogP) is 3.32. The monoisotopic (exact) mass is 299 g/mol. The summed E-state index contributed by atoms with van der Waals surface area (Å²) in [5.41, 5.74) is -0.444. The van der Waals surface area contributed by atoms with Gasteiger partial charge in [-0.2, -0.15) is 0 Å². The molecule has 5 heteroatoms. The Morgan fingerprint density at radius 1 is 1.24 bits per heavy atom. The number of nitrogens with zero attached hydrogens (tertiary/aromatic N) is 1. The molecule has 122 valence electrons. The maximum atomic E-state index is 12.2. The summed E-state index contributed by atoms with van der Waals surface area (Å²) in [4.78, 5) is 14.0. The third kappa shape index (κ3) is 5.15. The number of ether oxygens (including phenoxy) is 3. The maximum absolute atomic E-state index is 12.2. The van der Waals surface area contributed by atoms with E-state index in [2.05, 4.69) is 6.92 Å². The van der Waals surface area contributed by atoms with E-state index in [9.17, 15) is 4.79 Å². The molecule has 0 saturated carbocycles. The molecule has 2 heterocycles. The molecule has 2 rings (SSSR count). The normalized spacial score (nSPS) is 31.0. The first-order valence-corrected chi connectivity index (χ1v) is 8.12. The van der Waals surface area contributed by atoms with Gasteiger partial charge in [0.2, 0.25) is 0 Å². The standard InChI is InChI=1S/C16H29NO4/c1-12-11-13(20-14-7-5-6-10-19-14)8-9-17(12)15(18)21-16(2,3)4/h12-14H,5-11H2,1-4H3/t12-,13-,14?/m1/s1. The van der Waals surface area contributed by atoms with Gasteiger partial charge in [-0.3, -0.25) is 0 Å². The van der Waals surface area contributed by atoms with Gasteiger partial charge in [0.15, 0.2) is 6.29 Å². The first kappa shape index (κ1) is 16.6. The van der Waals surface area contributed by atoms with Crippen LogP contribution in [0.15, 0.2) is 0 Å². The van der Waals surface area contributed by atoms with Gasteiger partial charge in [-0.1, -0.05) is 0 Å². The number of piperidine rings is 1. The van der Waals surface area contributed by atoms with E-state index < -0.39 is 5.60 Å². The topological polar surface area (TPSA) is 48.0 Å². The van der Waals surface area contributed by atoms with Crippen molar-refractivity contribution in [2.75, 3.05) is 13.2 Å². The zero-order valence-electron chi connectivity index (χ0n) is 13.8. The Morgan fingerprint density at radius 3 is 2.57 bits per heavy atom. The van der Waals surface area contributed by atoms with Crippen molar-refractivity contribution in [3.05, 3.63) is 0 Å². The summed E-state index contributed by atoms with van der Waals surface area (Å²) in [6, 6.07) is 0.141. The highest BCUT2D eigenvalue weighted by Crippen LogP contribution is 2.25. The maximum Gasteiger partial charge on any atom is 0.410 e. The second-order valence-corrected chi connectivity index (χ2v) is 7.10. The van der Waals surface area contributed by atoms with E-state index in [-0.39, 0.29) is 24.5 Å². The molecule has 1 unspecified atom stereocenters. The lowest BCUT2D eigenvalue weighted by molar-refractivity contribution is -0.197. The van der Waals surface area contributed by atoms with E-state index in [4.69, 9.17) is 14.2 Å². The van der Waals surface area contributed by atoms with E-state index >= 15 is 0 Å². The second kappa shape index (κ2) is 6.97. The van der Waals surface area contributed by atoms with Crippen LogP contribution in [0.2, 0.25) is 0 Å². The third-order valence-corrected chi connectivity index (χ3v) is 3.94. The van der Waals surface area contributed by atoms with Crippen molar-refractivity contribution in [2.24, 2.45) is 0 Å². The van der Waals surface area contributed by atoms with Crippen LogP contribution >= 0.6 is 0 Å². The smallest absolute Gasteiger partial charge is 0.410 e. The third-order valence-electron chi connectivity index (χ3n) is 3.94. The summed E-state index contributed by atoms with van der Waals surface area (Å²) in [6.07, 6.45) is 4.90. The summed E-state index contributed by atoms with van der Waals surface area (Å²) in [5, 5.41) is 0. The van der Waals surface area contributed by atoms with E-state index in [0.29, 0.717) is 6.54 Å². The summed E-state index contributed by atoms with van der Waals surface area (Å²) in [7, 11) is 0. The number of carbonyl (C=O) groups excluding carboxylic acids is 1. The molecule has 2 saturated heterocycles. The Kier molecular flexibility index (Phi) is 5.49. The molecule has 0 aromatic carbocycles. The van der Waals surface area contributed by atoms with Crippen molar-refractivity contribution in [1.29, 1.82) is 0 Å². The number of rotatable bonds is 2. The summed E-state index contributed by atoms with van der Waals surface area (Å²) >= 11 is 0. The first-order chi connectivity index (χ1) is 9.85. The Balaban J connectivity index is 1.79.